The van der Waals surface area contributed by atoms with Crippen LogP contribution in [-0.2, 0) is 9.59 Å². The van der Waals surface area contributed by atoms with E-state index >= 15 is 0 Å². The number of ether oxygens (including phenoxy) is 1. The number of allylic oxidation sites excluding steroid dienone is 2. The summed E-state index contributed by atoms with van der Waals surface area (Å²) in [6, 6.07) is 9.46. The number of rotatable bonds is 4. The van der Waals surface area contributed by atoms with Gasteiger partial charge in [0, 0.05) is 23.6 Å². The first-order chi connectivity index (χ1) is 14.6. The summed E-state index contributed by atoms with van der Waals surface area (Å²) in [5, 5.41) is 3.79. The highest BCUT2D eigenvalue weighted by Crippen LogP contribution is 2.53. The van der Waals surface area contributed by atoms with Crippen LogP contribution < -0.4 is 15.0 Å². The van der Waals surface area contributed by atoms with E-state index in [0.717, 1.165) is 28.0 Å². The number of nitrogens with zero attached hydrogens (tertiary/aromatic N) is 3. The smallest absolute Gasteiger partial charge is 0.240 e. The number of methoxy groups -OCH3 is 1. The van der Waals surface area contributed by atoms with Crippen LogP contribution in [0.2, 0.25) is 0 Å². The number of fused-ring (bicyclic) bond motifs is 6. The average Bonchev–Trinajstić information content (AvgIpc) is 3.51. The first-order valence-corrected chi connectivity index (χ1v) is 10.7. The van der Waals surface area contributed by atoms with Gasteiger partial charge in [-0.3, -0.25) is 9.59 Å². The van der Waals surface area contributed by atoms with Crippen molar-refractivity contribution in [3.8, 4) is 5.88 Å². The molecule has 4 unspecified atom stereocenters. The molecule has 1 saturated heterocycles. The summed E-state index contributed by atoms with van der Waals surface area (Å²) in [7, 11) is 1.58. The molecule has 2 aromatic heterocycles. The Balaban J connectivity index is 1.30. The molecule has 1 saturated carbocycles. The second kappa shape index (κ2) is 6.37. The molecule has 2 fully saturated rings. The normalized spacial score (nSPS) is 26.6. The van der Waals surface area contributed by atoms with Gasteiger partial charge in [0.25, 0.3) is 0 Å². The van der Waals surface area contributed by atoms with E-state index in [1.165, 1.54) is 16.2 Å². The SMILES string of the molecule is COc1cc(Nc2ccc3nc(N4C(=O)C5C6C=CC(C6)C5C4=O)sc3c2)ccn1. The molecule has 0 spiro atoms. The summed E-state index contributed by atoms with van der Waals surface area (Å²) in [5.41, 5.74) is 2.50. The van der Waals surface area contributed by atoms with Gasteiger partial charge in [-0.15, -0.1) is 0 Å². The zero-order chi connectivity index (χ0) is 20.4. The van der Waals surface area contributed by atoms with Gasteiger partial charge in [-0.2, -0.15) is 0 Å². The fourth-order valence-corrected chi connectivity index (χ4v) is 5.96. The Kier molecular flexibility index (Phi) is 3.73. The molecule has 150 valence electrons. The minimum Gasteiger partial charge on any atom is -0.481 e. The van der Waals surface area contributed by atoms with E-state index in [9.17, 15) is 9.59 Å². The first-order valence-electron chi connectivity index (χ1n) is 9.86. The number of pyridine rings is 1. The number of imide groups is 1. The van der Waals surface area contributed by atoms with Crippen molar-refractivity contribution in [1.29, 1.82) is 0 Å². The molecule has 7 nitrogen and oxygen atoms in total. The van der Waals surface area contributed by atoms with Gasteiger partial charge in [0.2, 0.25) is 17.7 Å². The van der Waals surface area contributed by atoms with E-state index in [0.29, 0.717) is 11.0 Å². The number of thiazole rings is 1. The van der Waals surface area contributed by atoms with Crippen molar-refractivity contribution in [1.82, 2.24) is 9.97 Å². The summed E-state index contributed by atoms with van der Waals surface area (Å²) >= 11 is 1.37. The highest BCUT2D eigenvalue weighted by atomic mass is 32.1. The van der Waals surface area contributed by atoms with Gasteiger partial charge in [-0.05, 0) is 42.5 Å². The number of carbonyl (C=O) groups is 2. The summed E-state index contributed by atoms with van der Waals surface area (Å²) in [6.07, 6.45) is 6.80. The Morgan fingerprint density at radius 2 is 1.80 bits per heavy atom. The van der Waals surface area contributed by atoms with Gasteiger partial charge in [0.05, 0.1) is 29.2 Å². The van der Waals surface area contributed by atoms with Gasteiger partial charge in [-0.1, -0.05) is 23.5 Å². The van der Waals surface area contributed by atoms with Gasteiger partial charge >= 0.3 is 0 Å². The lowest BCUT2D eigenvalue weighted by Crippen LogP contribution is -2.32. The zero-order valence-electron chi connectivity index (χ0n) is 16.1. The monoisotopic (exact) mass is 418 g/mol. The number of benzene rings is 1. The minimum atomic E-state index is -0.210. The number of nitrogens with one attached hydrogen (secondary N) is 1. The largest absolute Gasteiger partial charge is 0.481 e. The van der Waals surface area contributed by atoms with Crippen molar-refractivity contribution in [2.45, 2.75) is 6.42 Å². The molecule has 1 N–H and O–H groups in total. The lowest BCUT2D eigenvalue weighted by molar-refractivity contribution is -0.123. The molecule has 2 bridgehead atoms. The predicted octanol–water partition coefficient (Wildman–Crippen LogP) is 3.76. The van der Waals surface area contributed by atoms with E-state index in [4.69, 9.17) is 4.74 Å². The van der Waals surface area contributed by atoms with Crippen LogP contribution in [0, 0.1) is 23.7 Å². The van der Waals surface area contributed by atoms with Crippen LogP contribution in [0.3, 0.4) is 0 Å². The van der Waals surface area contributed by atoms with Gasteiger partial charge < -0.3 is 10.1 Å². The Morgan fingerprint density at radius 3 is 2.53 bits per heavy atom. The maximum Gasteiger partial charge on any atom is 0.240 e. The molecule has 0 radical (unpaired) electrons. The fraction of sp³-hybridized carbons (Fsp3) is 0.273. The van der Waals surface area contributed by atoms with Crippen molar-refractivity contribution in [2.24, 2.45) is 23.7 Å². The molecule has 6 rings (SSSR count). The summed E-state index contributed by atoms with van der Waals surface area (Å²) in [6.45, 7) is 0. The van der Waals surface area contributed by atoms with Crippen LogP contribution in [0.1, 0.15) is 6.42 Å². The predicted molar refractivity (Wildman–Crippen MR) is 114 cm³/mol. The van der Waals surface area contributed by atoms with Gasteiger partial charge in [0.1, 0.15) is 0 Å². The van der Waals surface area contributed by atoms with Crippen LogP contribution in [0.15, 0.2) is 48.7 Å². The molecular weight excluding hydrogens is 400 g/mol. The third kappa shape index (κ3) is 2.50. The van der Waals surface area contributed by atoms with Crippen LogP contribution in [0.5, 0.6) is 5.88 Å². The number of carbonyl (C=O) groups excluding carboxylic acids is 2. The molecule has 2 amide bonds. The number of hydrogen-bond acceptors (Lipinski definition) is 7. The molecule has 3 heterocycles. The molecule has 3 aliphatic rings. The molecule has 1 aliphatic heterocycles. The Bertz CT molecular complexity index is 1210. The third-order valence-corrected chi connectivity index (χ3v) is 7.27. The second-order valence-corrected chi connectivity index (χ2v) is 8.91. The second-order valence-electron chi connectivity index (χ2n) is 7.90. The Morgan fingerprint density at radius 1 is 1.07 bits per heavy atom. The minimum absolute atomic E-state index is 0.0943. The first kappa shape index (κ1) is 17.6. The number of anilines is 3. The van der Waals surface area contributed by atoms with Gasteiger partial charge in [0.15, 0.2) is 5.13 Å². The molecule has 30 heavy (non-hydrogen) atoms. The summed E-state index contributed by atoms with van der Waals surface area (Å²) in [5.74, 6) is 0.317. The highest BCUT2D eigenvalue weighted by molar-refractivity contribution is 7.22. The summed E-state index contributed by atoms with van der Waals surface area (Å²) < 4.78 is 6.07. The van der Waals surface area contributed by atoms with Crippen molar-refractivity contribution in [3.05, 3.63) is 48.7 Å². The quantitative estimate of drug-likeness (QED) is 0.513. The zero-order valence-corrected chi connectivity index (χ0v) is 16.9. The average molecular weight is 418 g/mol. The lowest BCUT2D eigenvalue weighted by Gasteiger charge is -2.14. The molecular formula is C22H18N4O3S. The van der Waals surface area contributed by atoms with Gasteiger partial charge in [-0.25, -0.2) is 14.9 Å². The van der Waals surface area contributed by atoms with E-state index in [2.05, 4.69) is 27.4 Å². The molecule has 4 atom stereocenters. The van der Waals surface area contributed by atoms with E-state index in [1.54, 1.807) is 13.3 Å². The number of amides is 2. The van der Waals surface area contributed by atoms with Crippen LogP contribution >= 0.6 is 11.3 Å². The van der Waals surface area contributed by atoms with E-state index in [-0.39, 0.29) is 35.5 Å². The van der Waals surface area contributed by atoms with Crippen molar-refractivity contribution >= 4 is 49.9 Å². The highest BCUT2D eigenvalue weighted by Gasteiger charge is 2.60. The van der Waals surface area contributed by atoms with Crippen LogP contribution in [0.4, 0.5) is 16.5 Å². The standard InChI is InChI=1S/C22H18N4O3S/c1-29-17-10-14(6-7-23-17)24-13-4-5-15-16(9-13)30-22(25-15)26-20(27)18-11-2-3-12(8-11)19(18)21(26)28/h2-7,9-12,18-19H,8H2,1H3,(H,23,24). The van der Waals surface area contributed by atoms with Crippen molar-refractivity contribution in [2.75, 3.05) is 17.3 Å². The fourth-order valence-electron chi connectivity index (χ4n) is 4.94. The maximum atomic E-state index is 13.0. The summed E-state index contributed by atoms with van der Waals surface area (Å²) in [4.78, 5) is 36.1. The van der Waals surface area contributed by atoms with Crippen molar-refractivity contribution < 1.29 is 14.3 Å². The van der Waals surface area contributed by atoms with Crippen LogP contribution in [-0.4, -0.2) is 28.9 Å². The third-order valence-electron chi connectivity index (χ3n) is 6.27. The Hall–Kier alpha value is -3.26. The molecule has 8 heteroatoms. The van der Waals surface area contributed by atoms with Crippen LogP contribution in [0.25, 0.3) is 10.2 Å². The molecule has 2 aliphatic carbocycles. The lowest BCUT2D eigenvalue weighted by atomic mass is 9.85. The number of aromatic nitrogens is 2. The molecule has 3 aromatic rings. The van der Waals surface area contributed by atoms with Crippen molar-refractivity contribution in [3.63, 3.8) is 0 Å². The molecule has 1 aromatic carbocycles. The van der Waals surface area contributed by atoms with E-state index < -0.39 is 0 Å². The topological polar surface area (TPSA) is 84.4 Å². The Labute approximate surface area is 176 Å². The van der Waals surface area contributed by atoms with E-state index in [1.807, 2.05) is 30.3 Å². The number of hydrogen-bond donors (Lipinski definition) is 1. The maximum absolute atomic E-state index is 13.0.